The van der Waals surface area contributed by atoms with Gasteiger partial charge >= 0.3 is 0 Å². The van der Waals surface area contributed by atoms with Gasteiger partial charge in [0, 0.05) is 12.1 Å². The Morgan fingerprint density at radius 2 is 2.20 bits per heavy atom. The molecule has 1 saturated carbocycles. The molecule has 3 nitrogen and oxygen atoms in total. The van der Waals surface area contributed by atoms with E-state index in [0.29, 0.717) is 11.8 Å². The summed E-state index contributed by atoms with van der Waals surface area (Å²) in [4.78, 5) is 16.7. The van der Waals surface area contributed by atoms with Crippen molar-refractivity contribution < 1.29 is 4.79 Å². The average molecular weight is 274 g/mol. The first-order valence-corrected chi connectivity index (χ1v) is 7.60. The Balaban J connectivity index is 2.11. The van der Waals surface area contributed by atoms with Crippen LogP contribution < -0.4 is 5.32 Å². The first kappa shape index (κ1) is 15.0. The molecule has 0 saturated heterocycles. The van der Waals surface area contributed by atoms with Gasteiger partial charge in [0.15, 0.2) is 0 Å². The summed E-state index contributed by atoms with van der Waals surface area (Å²) in [5, 5.41) is 3.03. The summed E-state index contributed by atoms with van der Waals surface area (Å²) in [7, 11) is 0. The third-order valence-electron chi connectivity index (χ3n) is 4.57. The highest BCUT2D eigenvalue weighted by Crippen LogP contribution is 2.44. The van der Waals surface area contributed by atoms with E-state index in [4.69, 9.17) is 0 Å². The van der Waals surface area contributed by atoms with E-state index in [2.05, 4.69) is 38.0 Å². The summed E-state index contributed by atoms with van der Waals surface area (Å²) in [5.74, 6) is 1.30. The molecular weight excluding hydrogens is 248 g/mol. The lowest BCUT2D eigenvalue weighted by Gasteiger charge is -2.41. The smallest absolute Gasteiger partial charge is 0.227 e. The van der Waals surface area contributed by atoms with E-state index in [9.17, 15) is 4.79 Å². The van der Waals surface area contributed by atoms with Crippen LogP contribution in [0.5, 0.6) is 0 Å². The van der Waals surface area contributed by atoms with Gasteiger partial charge in [-0.05, 0) is 48.6 Å². The molecule has 3 heteroatoms. The van der Waals surface area contributed by atoms with E-state index in [1.165, 1.54) is 6.42 Å². The molecule has 0 aliphatic heterocycles. The second-order valence-corrected chi connectivity index (χ2v) is 7.15. The lowest BCUT2D eigenvalue weighted by molar-refractivity contribution is -0.125. The fraction of sp³-hybridized carbons (Fsp3) is 0.647. The zero-order chi connectivity index (χ0) is 14.8. The summed E-state index contributed by atoms with van der Waals surface area (Å²) >= 11 is 0. The van der Waals surface area contributed by atoms with Crippen molar-refractivity contribution in [1.82, 2.24) is 4.98 Å². The monoisotopic (exact) mass is 274 g/mol. The van der Waals surface area contributed by atoms with Crippen LogP contribution in [-0.2, 0) is 4.79 Å². The summed E-state index contributed by atoms with van der Waals surface area (Å²) in [6, 6.07) is 3.74. The fourth-order valence-corrected chi connectivity index (χ4v) is 3.36. The highest BCUT2D eigenvalue weighted by Gasteiger charge is 2.39. The third-order valence-corrected chi connectivity index (χ3v) is 4.57. The highest BCUT2D eigenvalue weighted by molar-refractivity contribution is 5.92. The van der Waals surface area contributed by atoms with Gasteiger partial charge in [-0.25, -0.2) is 0 Å². The van der Waals surface area contributed by atoms with Crippen molar-refractivity contribution in [2.24, 2.45) is 23.2 Å². The molecule has 1 fully saturated rings. The molecule has 0 aromatic carbocycles. The second-order valence-electron chi connectivity index (χ2n) is 7.15. The minimum Gasteiger partial charge on any atom is -0.324 e. The van der Waals surface area contributed by atoms with Gasteiger partial charge in [-0.15, -0.1) is 0 Å². The van der Waals surface area contributed by atoms with E-state index >= 15 is 0 Å². The van der Waals surface area contributed by atoms with Crippen molar-refractivity contribution in [3.05, 3.63) is 24.5 Å². The number of rotatable bonds is 3. The molecule has 1 aromatic rings. The Kier molecular flexibility index (Phi) is 4.46. The number of hydrogen-bond donors (Lipinski definition) is 1. The number of pyridine rings is 1. The molecular formula is C17H26N2O. The van der Waals surface area contributed by atoms with Crippen LogP contribution in [0.2, 0.25) is 0 Å². The molecule has 20 heavy (non-hydrogen) atoms. The van der Waals surface area contributed by atoms with Crippen LogP contribution in [0.25, 0.3) is 0 Å². The standard InChI is InChI=1S/C17H26N2O/c1-12(2)14-7-8-17(3,4)10-15(14)16(20)19-13-6-5-9-18-11-13/h5-6,9,11-12,14-15H,7-8,10H2,1-4H3,(H,19,20). The van der Waals surface area contributed by atoms with E-state index in [-0.39, 0.29) is 17.2 Å². The zero-order valence-corrected chi connectivity index (χ0v) is 13.0. The van der Waals surface area contributed by atoms with Gasteiger partial charge in [-0.1, -0.05) is 27.7 Å². The van der Waals surface area contributed by atoms with E-state index in [1.807, 2.05) is 12.1 Å². The molecule has 1 amide bonds. The van der Waals surface area contributed by atoms with Gasteiger partial charge in [0.05, 0.1) is 11.9 Å². The fourth-order valence-electron chi connectivity index (χ4n) is 3.36. The van der Waals surface area contributed by atoms with E-state index < -0.39 is 0 Å². The van der Waals surface area contributed by atoms with Gasteiger partial charge in [-0.3, -0.25) is 9.78 Å². The number of hydrogen-bond acceptors (Lipinski definition) is 2. The van der Waals surface area contributed by atoms with Gasteiger partial charge in [0.25, 0.3) is 0 Å². The summed E-state index contributed by atoms with van der Waals surface area (Å²) in [6.45, 7) is 9.00. The predicted octanol–water partition coefficient (Wildman–Crippen LogP) is 4.12. The molecule has 2 atom stereocenters. The minimum absolute atomic E-state index is 0.110. The molecule has 1 aliphatic carbocycles. The average Bonchev–Trinajstić information content (AvgIpc) is 2.38. The topological polar surface area (TPSA) is 42.0 Å². The van der Waals surface area contributed by atoms with Crippen molar-refractivity contribution in [2.75, 3.05) is 5.32 Å². The Hall–Kier alpha value is -1.38. The first-order chi connectivity index (χ1) is 9.39. The quantitative estimate of drug-likeness (QED) is 0.901. The Bertz CT molecular complexity index is 453. The molecule has 0 radical (unpaired) electrons. The number of amides is 1. The van der Waals surface area contributed by atoms with Crippen molar-refractivity contribution in [1.29, 1.82) is 0 Å². The molecule has 1 aliphatic rings. The number of nitrogens with one attached hydrogen (secondary N) is 1. The maximum atomic E-state index is 12.6. The van der Waals surface area contributed by atoms with Gasteiger partial charge < -0.3 is 5.32 Å². The summed E-state index contributed by atoms with van der Waals surface area (Å²) < 4.78 is 0. The Morgan fingerprint density at radius 1 is 1.45 bits per heavy atom. The first-order valence-electron chi connectivity index (χ1n) is 7.60. The largest absolute Gasteiger partial charge is 0.324 e. The predicted molar refractivity (Wildman–Crippen MR) is 82.3 cm³/mol. The molecule has 0 spiro atoms. The summed E-state index contributed by atoms with van der Waals surface area (Å²) in [5.41, 5.74) is 1.06. The Labute approximate surface area is 122 Å². The molecule has 110 valence electrons. The summed E-state index contributed by atoms with van der Waals surface area (Å²) in [6.07, 6.45) is 6.76. The Morgan fingerprint density at radius 3 is 2.80 bits per heavy atom. The van der Waals surface area contributed by atoms with Crippen LogP contribution in [-0.4, -0.2) is 10.9 Å². The van der Waals surface area contributed by atoms with Crippen molar-refractivity contribution >= 4 is 11.6 Å². The van der Waals surface area contributed by atoms with Crippen molar-refractivity contribution in [3.8, 4) is 0 Å². The number of nitrogens with zero attached hydrogens (tertiary/aromatic N) is 1. The highest BCUT2D eigenvalue weighted by atomic mass is 16.1. The van der Waals surface area contributed by atoms with Crippen molar-refractivity contribution in [2.45, 2.75) is 47.0 Å². The minimum atomic E-state index is 0.110. The van der Waals surface area contributed by atoms with Gasteiger partial charge in [0.1, 0.15) is 0 Å². The molecule has 2 unspecified atom stereocenters. The third kappa shape index (κ3) is 3.59. The number of anilines is 1. The van der Waals surface area contributed by atoms with Crippen LogP contribution in [0.15, 0.2) is 24.5 Å². The lowest BCUT2D eigenvalue weighted by Crippen LogP contribution is -2.39. The van der Waals surface area contributed by atoms with Gasteiger partial charge in [-0.2, -0.15) is 0 Å². The van der Waals surface area contributed by atoms with Gasteiger partial charge in [0.2, 0.25) is 5.91 Å². The molecule has 1 N–H and O–H groups in total. The van der Waals surface area contributed by atoms with E-state index in [1.54, 1.807) is 12.4 Å². The second kappa shape index (κ2) is 5.94. The normalized spacial score (nSPS) is 25.4. The maximum absolute atomic E-state index is 12.6. The maximum Gasteiger partial charge on any atom is 0.227 e. The van der Waals surface area contributed by atoms with Crippen LogP contribution in [0.3, 0.4) is 0 Å². The van der Waals surface area contributed by atoms with Crippen LogP contribution in [0, 0.1) is 23.2 Å². The number of aromatic nitrogens is 1. The molecule has 0 bridgehead atoms. The number of carbonyl (C=O) groups excluding carboxylic acids is 1. The lowest BCUT2D eigenvalue weighted by atomic mass is 9.64. The van der Waals surface area contributed by atoms with Crippen LogP contribution >= 0.6 is 0 Å². The zero-order valence-electron chi connectivity index (χ0n) is 13.0. The van der Waals surface area contributed by atoms with Crippen LogP contribution in [0.4, 0.5) is 5.69 Å². The number of carbonyl (C=O) groups is 1. The van der Waals surface area contributed by atoms with E-state index in [0.717, 1.165) is 18.5 Å². The molecule has 1 heterocycles. The molecule has 2 rings (SSSR count). The molecule has 1 aromatic heterocycles. The van der Waals surface area contributed by atoms with Crippen molar-refractivity contribution in [3.63, 3.8) is 0 Å². The SMILES string of the molecule is CC(C)C1CCC(C)(C)CC1C(=O)Nc1cccnc1. The van der Waals surface area contributed by atoms with Crippen LogP contribution in [0.1, 0.15) is 47.0 Å².